The van der Waals surface area contributed by atoms with Gasteiger partial charge in [-0.15, -0.1) is 0 Å². The maximum atomic E-state index is 12.6. The lowest BCUT2D eigenvalue weighted by molar-refractivity contribution is -0.111. The molecular formula is C9H8BrFO. The highest BCUT2D eigenvalue weighted by atomic mass is 79.9. The van der Waals surface area contributed by atoms with Crippen LogP contribution >= 0.6 is 15.9 Å². The number of benzene rings is 1. The van der Waals surface area contributed by atoms with E-state index in [0.717, 1.165) is 10.0 Å². The molecule has 0 amide bonds. The van der Waals surface area contributed by atoms with Crippen molar-refractivity contribution in [2.45, 2.75) is 12.6 Å². The van der Waals surface area contributed by atoms with Gasteiger partial charge in [-0.1, -0.05) is 28.1 Å². The average molecular weight is 231 g/mol. The summed E-state index contributed by atoms with van der Waals surface area (Å²) in [5, 5.41) is 0. The Morgan fingerprint density at radius 2 is 2.33 bits per heavy atom. The lowest BCUT2D eigenvalue weighted by Gasteiger charge is -2.00. The summed E-state index contributed by atoms with van der Waals surface area (Å²) in [6, 6.07) is 7.27. The van der Waals surface area contributed by atoms with Gasteiger partial charge in [0.15, 0.2) is 12.5 Å². The molecular weight excluding hydrogens is 223 g/mol. The third kappa shape index (κ3) is 2.74. The van der Waals surface area contributed by atoms with E-state index >= 15 is 0 Å². The van der Waals surface area contributed by atoms with Crippen LogP contribution in [-0.2, 0) is 11.2 Å². The van der Waals surface area contributed by atoms with Gasteiger partial charge in [-0.25, -0.2) is 4.39 Å². The van der Waals surface area contributed by atoms with Gasteiger partial charge in [0, 0.05) is 10.9 Å². The highest BCUT2D eigenvalue weighted by Crippen LogP contribution is 2.13. The maximum absolute atomic E-state index is 12.6. The van der Waals surface area contributed by atoms with E-state index in [1.165, 1.54) is 0 Å². The zero-order valence-electron chi connectivity index (χ0n) is 6.34. The van der Waals surface area contributed by atoms with E-state index in [1.807, 2.05) is 12.1 Å². The zero-order valence-corrected chi connectivity index (χ0v) is 7.92. The van der Waals surface area contributed by atoms with Gasteiger partial charge in [-0.2, -0.15) is 0 Å². The molecule has 1 nitrogen and oxygen atoms in total. The molecule has 0 heterocycles. The highest BCUT2D eigenvalue weighted by molar-refractivity contribution is 9.10. The van der Waals surface area contributed by atoms with Crippen LogP contribution in [0.3, 0.4) is 0 Å². The predicted octanol–water partition coefficient (Wildman–Crippen LogP) is 2.53. The number of carbonyl (C=O) groups excluding carboxylic acids is 1. The number of alkyl halides is 1. The molecule has 0 radical (unpaired) electrons. The minimum absolute atomic E-state index is 0.156. The van der Waals surface area contributed by atoms with Crippen molar-refractivity contribution in [3.05, 3.63) is 34.3 Å². The van der Waals surface area contributed by atoms with Crippen molar-refractivity contribution in [3.63, 3.8) is 0 Å². The Balaban J connectivity index is 2.69. The predicted molar refractivity (Wildman–Crippen MR) is 48.8 cm³/mol. The molecule has 3 heteroatoms. The third-order valence-electron chi connectivity index (χ3n) is 1.47. The Kier molecular flexibility index (Phi) is 3.41. The van der Waals surface area contributed by atoms with Gasteiger partial charge < -0.3 is 4.79 Å². The lowest BCUT2D eigenvalue weighted by Crippen LogP contribution is -2.05. The van der Waals surface area contributed by atoms with Gasteiger partial charge in [-0.3, -0.25) is 0 Å². The van der Waals surface area contributed by atoms with E-state index in [-0.39, 0.29) is 6.42 Å². The van der Waals surface area contributed by atoms with Crippen molar-refractivity contribution >= 4 is 22.2 Å². The molecule has 0 aromatic heterocycles. The van der Waals surface area contributed by atoms with Gasteiger partial charge in [0.25, 0.3) is 0 Å². The van der Waals surface area contributed by atoms with Gasteiger partial charge in [-0.05, 0) is 17.7 Å². The molecule has 1 aromatic rings. The maximum Gasteiger partial charge on any atom is 0.159 e. The Hall–Kier alpha value is -0.700. The number of hydrogen-bond acceptors (Lipinski definition) is 1. The smallest absolute Gasteiger partial charge is 0.159 e. The van der Waals surface area contributed by atoms with Crippen molar-refractivity contribution in [3.8, 4) is 0 Å². The van der Waals surface area contributed by atoms with Crippen LogP contribution < -0.4 is 0 Å². The van der Waals surface area contributed by atoms with Crippen molar-refractivity contribution in [2.24, 2.45) is 0 Å². The fraction of sp³-hybridized carbons (Fsp3) is 0.222. The quantitative estimate of drug-likeness (QED) is 0.730. The molecule has 0 N–H and O–H groups in total. The van der Waals surface area contributed by atoms with E-state index in [1.54, 1.807) is 12.1 Å². The first-order chi connectivity index (χ1) is 5.72. The molecule has 0 saturated heterocycles. The van der Waals surface area contributed by atoms with Gasteiger partial charge in [0.05, 0.1) is 0 Å². The molecule has 0 spiro atoms. The molecule has 64 valence electrons. The van der Waals surface area contributed by atoms with Crippen LogP contribution in [0.15, 0.2) is 28.7 Å². The third-order valence-corrected chi connectivity index (χ3v) is 1.96. The molecule has 1 aromatic carbocycles. The number of rotatable bonds is 3. The summed E-state index contributed by atoms with van der Waals surface area (Å²) in [5.74, 6) is 0. The monoisotopic (exact) mass is 230 g/mol. The fourth-order valence-corrected chi connectivity index (χ4v) is 1.38. The lowest BCUT2D eigenvalue weighted by atomic mass is 10.1. The number of hydrogen-bond donors (Lipinski definition) is 0. The van der Waals surface area contributed by atoms with Gasteiger partial charge in [0.2, 0.25) is 0 Å². The Morgan fingerprint density at radius 3 is 2.92 bits per heavy atom. The van der Waals surface area contributed by atoms with Crippen LogP contribution in [-0.4, -0.2) is 12.5 Å². The van der Waals surface area contributed by atoms with Crippen LogP contribution in [0.5, 0.6) is 0 Å². The normalized spacial score (nSPS) is 12.5. The first-order valence-corrected chi connectivity index (χ1v) is 4.35. The van der Waals surface area contributed by atoms with Crippen LogP contribution in [0, 0.1) is 0 Å². The second-order valence-corrected chi connectivity index (χ2v) is 3.40. The van der Waals surface area contributed by atoms with Gasteiger partial charge >= 0.3 is 0 Å². The second kappa shape index (κ2) is 4.36. The molecule has 0 bridgehead atoms. The minimum Gasteiger partial charge on any atom is -0.300 e. The van der Waals surface area contributed by atoms with Crippen LogP contribution in [0.25, 0.3) is 0 Å². The van der Waals surface area contributed by atoms with Crippen LogP contribution in [0.2, 0.25) is 0 Å². The summed E-state index contributed by atoms with van der Waals surface area (Å²) in [5.41, 5.74) is 0.823. The molecule has 1 unspecified atom stereocenters. The van der Waals surface area contributed by atoms with E-state index in [2.05, 4.69) is 15.9 Å². The molecule has 0 aliphatic carbocycles. The van der Waals surface area contributed by atoms with Crippen molar-refractivity contribution in [1.29, 1.82) is 0 Å². The summed E-state index contributed by atoms with van der Waals surface area (Å²) in [6.07, 6.45) is -0.914. The van der Waals surface area contributed by atoms with E-state index in [4.69, 9.17) is 0 Å². The number of carbonyl (C=O) groups is 1. The van der Waals surface area contributed by atoms with E-state index < -0.39 is 6.17 Å². The Morgan fingerprint density at radius 1 is 1.58 bits per heavy atom. The zero-order chi connectivity index (χ0) is 8.97. The summed E-state index contributed by atoms with van der Waals surface area (Å²) in [4.78, 5) is 10.0. The first kappa shape index (κ1) is 9.39. The summed E-state index contributed by atoms with van der Waals surface area (Å²) in [6.45, 7) is 0. The van der Waals surface area contributed by atoms with E-state index in [0.29, 0.717) is 6.29 Å². The highest BCUT2D eigenvalue weighted by Gasteiger charge is 2.04. The molecule has 12 heavy (non-hydrogen) atoms. The molecule has 0 aliphatic rings. The SMILES string of the molecule is O=CC(F)Cc1cccc(Br)c1. The van der Waals surface area contributed by atoms with Crippen LogP contribution in [0.1, 0.15) is 5.56 Å². The summed E-state index contributed by atoms with van der Waals surface area (Å²) >= 11 is 3.26. The minimum atomic E-state index is -1.39. The molecule has 0 aliphatic heterocycles. The van der Waals surface area contributed by atoms with Crippen molar-refractivity contribution in [1.82, 2.24) is 0 Å². The fourth-order valence-electron chi connectivity index (χ4n) is 0.937. The number of halogens is 2. The van der Waals surface area contributed by atoms with Gasteiger partial charge in [0.1, 0.15) is 0 Å². The summed E-state index contributed by atoms with van der Waals surface area (Å²) in [7, 11) is 0. The Labute approximate surface area is 78.7 Å². The van der Waals surface area contributed by atoms with Crippen molar-refractivity contribution < 1.29 is 9.18 Å². The topological polar surface area (TPSA) is 17.1 Å². The molecule has 1 atom stereocenters. The summed E-state index contributed by atoms with van der Waals surface area (Å²) < 4.78 is 13.5. The Bertz CT molecular complexity index is 275. The average Bonchev–Trinajstić information content (AvgIpc) is 2.04. The standard InChI is InChI=1S/C9H8BrFO/c10-8-3-1-2-7(4-8)5-9(11)6-12/h1-4,6,9H,5H2. The van der Waals surface area contributed by atoms with Crippen molar-refractivity contribution in [2.75, 3.05) is 0 Å². The van der Waals surface area contributed by atoms with E-state index in [9.17, 15) is 9.18 Å². The molecule has 1 rings (SSSR count). The molecule has 0 saturated carbocycles. The first-order valence-electron chi connectivity index (χ1n) is 3.56. The second-order valence-electron chi connectivity index (χ2n) is 2.49. The largest absolute Gasteiger partial charge is 0.300 e. The van der Waals surface area contributed by atoms with Crippen LogP contribution in [0.4, 0.5) is 4.39 Å². The number of aldehydes is 1. The molecule has 0 fully saturated rings.